The summed E-state index contributed by atoms with van der Waals surface area (Å²) in [4.78, 5) is 25.1. The number of methoxy groups -OCH3 is 1. The SMILES string of the molecule is COc1cc(C=O)cc2c1OCC(=O)N2CCCc1ccccc1. The highest BCUT2D eigenvalue weighted by molar-refractivity contribution is 5.99. The second kappa shape index (κ2) is 7.17. The zero-order valence-electron chi connectivity index (χ0n) is 13.5. The Morgan fingerprint density at radius 2 is 2.04 bits per heavy atom. The van der Waals surface area contributed by atoms with Crippen molar-refractivity contribution < 1.29 is 19.1 Å². The standard InChI is InChI=1S/C19H19NO4/c1-23-17-11-15(12-21)10-16-19(17)24-13-18(22)20(16)9-5-8-14-6-3-2-4-7-14/h2-4,6-7,10-12H,5,8-9,13H2,1H3. The molecule has 2 aromatic carbocycles. The first-order valence-corrected chi connectivity index (χ1v) is 7.87. The molecule has 2 aromatic rings. The fourth-order valence-electron chi connectivity index (χ4n) is 2.85. The Morgan fingerprint density at radius 3 is 2.75 bits per heavy atom. The highest BCUT2D eigenvalue weighted by atomic mass is 16.5. The number of amides is 1. The van der Waals surface area contributed by atoms with Crippen molar-refractivity contribution in [3.63, 3.8) is 0 Å². The predicted molar refractivity (Wildman–Crippen MR) is 91.0 cm³/mol. The van der Waals surface area contributed by atoms with Gasteiger partial charge in [0.1, 0.15) is 6.29 Å². The number of ether oxygens (including phenoxy) is 2. The molecule has 0 bridgehead atoms. The molecule has 0 fully saturated rings. The van der Waals surface area contributed by atoms with Gasteiger partial charge < -0.3 is 14.4 Å². The van der Waals surface area contributed by atoms with Crippen LogP contribution in [0.25, 0.3) is 0 Å². The summed E-state index contributed by atoms with van der Waals surface area (Å²) >= 11 is 0. The molecule has 1 heterocycles. The number of benzene rings is 2. The molecule has 0 radical (unpaired) electrons. The molecule has 0 spiro atoms. The van der Waals surface area contributed by atoms with Gasteiger partial charge in [-0.3, -0.25) is 9.59 Å². The lowest BCUT2D eigenvalue weighted by Crippen LogP contribution is -2.39. The molecule has 5 nitrogen and oxygen atoms in total. The van der Waals surface area contributed by atoms with Crippen LogP contribution in [0.1, 0.15) is 22.3 Å². The predicted octanol–water partition coefficient (Wildman–Crippen LogP) is 2.87. The molecule has 0 saturated heterocycles. The summed E-state index contributed by atoms with van der Waals surface area (Å²) in [5, 5.41) is 0. The first kappa shape index (κ1) is 16.1. The number of carbonyl (C=O) groups is 2. The molecule has 0 N–H and O–H groups in total. The maximum atomic E-state index is 12.3. The fourth-order valence-corrected chi connectivity index (χ4v) is 2.85. The van der Waals surface area contributed by atoms with Crippen LogP contribution < -0.4 is 14.4 Å². The molecule has 1 amide bonds. The number of carbonyl (C=O) groups excluding carboxylic acids is 2. The summed E-state index contributed by atoms with van der Waals surface area (Å²) in [5.41, 5.74) is 2.29. The first-order valence-electron chi connectivity index (χ1n) is 7.87. The minimum absolute atomic E-state index is 0.0187. The van der Waals surface area contributed by atoms with E-state index < -0.39 is 0 Å². The third-order valence-electron chi connectivity index (χ3n) is 4.04. The van der Waals surface area contributed by atoms with Gasteiger partial charge >= 0.3 is 0 Å². The van der Waals surface area contributed by atoms with Crippen molar-refractivity contribution in [3.8, 4) is 11.5 Å². The number of fused-ring (bicyclic) bond motifs is 1. The van der Waals surface area contributed by atoms with Crippen molar-refractivity contribution in [1.29, 1.82) is 0 Å². The van der Waals surface area contributed by atoms with Crippen LogP contribution in [0.15, 0.2) is 42.5 Å². The molecule has 0 atom stereocenters. The lowest BCUT2D eigenvalue weighted by molar-refractivity contribution is -0.121. The Kier molecular flexibility index (Phi) is 4.79. The molecule has 0 aromatic heterocycles. The van der Waals surface area contributed by atoms with E-state index in [9.17, 15) is 9.59 Å². The molecule has 1 aliphatic heterocycles. The van der Waals surface area contributed by atoms with Crippen LogP contribution in [0, 0.1) is 0 Å². The van der Waals surface area contributed by atoms with Crippen LogP contribution >= 0.6 is 0 Å². The van der Waals surface area contributed by atoms with Crippen LogP contribution in [-0.4, -0.2) is 32.5 Å². The summed E-state index contributed by atoms with van der Waals surface area (Å²) in [5.74, 6) is 0.873. The van der Waals surface area contributed by atoms with Gasteiger partial charge in [-0.25, -0.2) is 0 Å². The quantitative estimate of drug-likeness (QED) is 0.766. The van der Waals surface area contributed by atoms with Gasteiger partial charge in [0.25, 0.3) is 5.91 Å². The summed E-state index contributed by atoms with van der Waals surface area (Å²) in [7, 11) is 1.52. The summed E-state index contributed by atoms with van der Waals surface area (Å²) < 4.78 is 10.8. The van der Waals surface area contributed by atoms with E-state index in [1.165, 1.54) is 12.7 Å². The summed E-state index contributed by atoms with van der Waals surface area (Å²) in [6.45, 7) is 0.546. The Balaban J connectivity index is 1.81. The smallest absolute Gasteiger partial charge is 0.265 e. The maximum absolute atomic E-state index is 12.3. The molecule has 0 saturated carbocycles. The largest absolute Gasteiger partial charge is 0.493 e. The molecular weight excluding hydrogens is 306 g/mol. The average Bonchev–Trinajstić information content (AvgIpc) is 2.63. The second-order valence-electron chi connectivity index (χ2n) is 5.61. The number of rotatable bonds is 6. The van der Waals surface area contributed by atoms with Gasteiger partial charge in [0.05, 0.1) is 12.8 Å². The van der Waals surface area contributed by atoms with Crippen molar-refractivity contribution >= 4 is 17.9 Å². The fraction of sp³-hybridized carbons (Fsp3) is 0.263. The van der Waals surface area contributed by atoms with E-state index in [4.69, 9.17) is 9.47 Å². The summed E-state index contributed by atoms with van der Waals surface area (Å²) in [6, 6.07) is 13.4. The molecule has 1 aliphatic rings. The molecule has 124 valence electrons. The van der Waals surface area contributed by atoms with E-state index in [0.717, 1.165) is 19.1 Å². The van der Waals surface area contributed by atoms with Crippen LogP contribution in [0.2, 0.25) is 0 Å². The summed E-state index contributed by atoms with van der Waals surface area (Å²) in [6.07, 6.45) is 2.44. The van der Waals surface area contributed by atoms with E-state index >= 15 is 0 Å². The Labute approximate surface area is 140 Å². The highest BCUT2D eigenvalue weighted by Gasteiger charge is 2.28. The molecular formula is C19H19NO4. The number of aldehydes is 1. The number of hydrogen-bond donors (Lipinski definition) is 0. The number of aryl methyl sites for hydroxylation is 1. The Bertz CT molecular complexity index is 743. The molecule has 0 unspecified atom stereocenters. The van der Waals surface area contributed by atoms with Gasteiger partial charge in [-0.1, -0.05) is 30.3 Å². The van der Waals surface area contributed by atoms with E-state index in [0.29, 0.717) is 29.3 Å². The van der Waals surface area contributed by atoms with E-state index in [2.05, 4.69) is 12.1 Å². The van der Waals surface area contributed by atoms with Gasteiger partial charge in [0.2, 0.25) is 0 Å². The van der Waals surface area contributed by atoms with Crippen LogP contribution in [0.5, 0.6) is 11.5 Å². The minimum atomic E-state index is -0.110. The van der Waals surface area contributed by atoms with Crippen molar-refractivity contribution in [2.45, 2.75) is 12.8 Å². The minimum Gasteiger partial charge on any atom is -0.493 e. The van der Waals surface area contributed by atoms with E-state index in [-0.39, 0.29) is 12.5 Å². The third-order valence-corrected chi connectivity index (χ3v) is 4.04. The van der Waals surface area contributed by atoms with Crippen LogP contribution in [-0.2, 0) is 11.2 Å². The van der Waals surface area contributed by atoms with Gasteiger partial charge in [-0.15, -0.1) is 0 Å². The maximum Gasteiger partial charge on any atom is 0.265 e. The molecule has 5 heteroatoms. The zero-order chi connectivity index (χ0) is 16.9. The molecule has 24 heavy (non-hydrogen) atoms. The lowest BCUT2D eigenvalue weighted by atomic mass is 10.1. The number of anilines is 1. The van der Waals surface area contributed by atoms with Crippen molar-refractivity contribution in [3.05, 3.63) is 53.6 Å². The van der Waals surface area contributed by atoms with Gasteiger partial charge in [0, 0.05) is 12.1 Å². The lowest BCUT2D eigenvalue weighted by Gasteiger charge is -2.30. The Morgan fingerprint density at radius 1 is 1.25 bits per heavy atom. The average molecular weight is 325 g/mol. The van der Waals surface area contributed by atoms with Gasteiger partial charge in [0.15, 0.2) is 18.1 Å². The first-order chi connectivity index (χ1) is 11.7. The number of hydrogen-bond acceptors (Lipinski definition) is 4. The van der Waals surface area contributed by atoms with Gasteiger partial charge in [-0.05, 0) is 30.5 Å². The van der Waals surface area contributed by atoms with E-state index in [1.807, 2.05) is 18.2 Å². The molecule has 0 aliphatic carbocycles. The van der Waals surface area contributed by atoms with Crippen molar-refractivity contribution in [2.75, 3.05) is 25.2 Å². The number of nitrogens with zero attached hydrogens (tertiary/aromatic N) is 1. The zero-order valence-corrected chi connectivity index (χ0v) is 13.5. The highest BCUT2D eigenvalue weighted by Crippen LogP contribution is 2.41. The second-order valence-corrected chi connectivity index (χ2v) is 5.61. The Hall–Kier alpha value is -2.82. The van der Waals surface area contributed by atoms with Crippen LogP contribution in [0.4, 0.5) is 5.69 Å². The monoisotopic (exact) mass is 325 g/mol. The van der Waals surface area contributed by atoms with Crippen molar-refractivity contribution in [2.24, 2.45) is 0 Å². The molecule has 3 rings (SSSR count). The van der Waals surface area contributed by atoms with Crippen molar-refractivity contribution in [1.82, 2.24) is 0 Å². The third kappa shape index (κ3) is 3.25. The topological polar surface area (TPSA) is 55.8 Å². The normalized spacial score (nSPS) is 13.2. The van der Waals surface area contributed by atoms with Crippen LogP contribution in [0.3, 0.4) is 0 Å². The van der Waals surface area contributed by atoms with Gasteiger partial charge in [-0.2, -0.15) is 0 Å². The van der Waals surface area contributed by atoms with E-state index in [1.54, 1.807) is 17.0 Å².